The van der Waals surface area contributed by atoms with Gasteiger partial charge < -0.3 is 15.8 Å². The molecule has 0 bridgehead atoms. The summed E-state index contributed by atoms with van der Waals surface area (Å²) in [5, 5.41) is 15.2. The Hall–Kier alpha value is -3.04. The number of nitro groups is 1. The number of nitro benzene ring substituents is 1. The van der Waals surface area contributed by atoms with E-state index in [1.807, 2.05) is 0 Å². The summed E-state index contributed by atoms with van der Waals surface area (Å²) in [6.07, 6.45) is 2.88. The summed E-state index contributed by atoms with van der Waals surface area (Å²) in [5.41, 5.74) is 6.34. The topological polar surface area (TPSA) is 129 Å². The maximum absolute atomic E-state index is 11.3. The SMILES string of the molecule is NCCOc1cc2ncnc(Nc3ccc(Cl)nc3)c2cc1[N+](=O)[O-]. The van der Waals surface area contributed by atoms with E-state index in [9.17, 15) is 10.1 Å². The molecule has 0 aliphatic heterocycles. The lowest BCUT2D eigenvalue weighted by atomic mass is 10.2. The number of anilines is 2. The van der Waals surface area contributed by atoms with E-state index in [0.29, 0.717) is 27.6 Å². The highest BCUT2D eigenvalue weighted by molar-refractivity contribution is 6.29. The van der Waals surface area contributed by atoms with Crippen molar-refractivity contribution in [3.63, 3.8) is 0 Å². The fraction of sp³-hybridized carbons (Fsp3) is 0.133. The van der Waals surface area contributed by atoms with Crippen LogP contribution in [0, 0.1) is 10.1 Å². The molecule has 0 amide bonds. The molecule has 3 rings (SSSR count). The Labute approximate surface area is 147 Å². The lowest BCUT2D eigenvalue weighted by Crippen LogP contribution is -2.11. The van der Waals surface area contributed by atoms with E-state index in [2.05, 4.69) is 20.3 Å². The monoisotopic (exact) mass is 360 g/mol. The molecule has 0 fully saturated rings. The zero-order chi connectivity index (χ0) is 17.8. The van der Waals surface area contributed by atoms with Gasteiger partial charge in [-0.2, -0.15) is 0 Å². The van der Waals surface area contributed by atoms with Gasteiger partial charge in [0, 0.05) is 18.7 Å². The molecule has 0 unspecified atom stereocenters. The van der Waals surface area contributed by atoms with Gasteiger partial charge in [-0.1, -0.05) is 11.6 Å². The number of hydrogen-bond acceptors (Lipinski definition) is 8. The standard InChI is InChI=1S/C15H13ClN6O3/c16-14-2-1-9(7-18-14)21-15-10-5-12(22(23)24)13(25-4-3-17)6-11(10)19-8-20-15/h1-2,5-8H,3-4,17H2,(H,19,20,21). The van der Waals surface area contributed by atoms with Gasteiger partial charge in [0.25, 0.3) is 0 Å². The first kappa shape index (κ1) is 16.8. The molecule has 128 valence electrons. The minimum Gasteiger partial charge on any atom is -0.485 e. The molecule has 0 saturated heterocycles. The number of benzene rings is 1. The number of nitrogens with zero attached hydrogens (tertiary/aromatic N) is 4. The van der Waals surface area contributed by atoms with Gasteiger partial charge in [-0.05, 0) is 12.1 Å². The maximum atomic E-state index is 11.3. The number of halogens is 1. The molecule has 2 heterocycles. The van der Waals surface area contributed by atoms with Crippen molar-refractivity contribution in [1.29, 1.82) is 0 Å². The molecule has 3 aromatic rings. The van der Waals surface area contributed by atoms with E-state index in [1.54, 1.807) is 12.1 Å². The van der Waals surface area contributed by atoms with Gasteiger partial charge in [0.1, 0.15) is 23.9 Å². The van der Waals surface area contributed by atoms with Gasteiger partial charge in [-0.25, -0.2) is 15.0 Å². The molecule has 25 heavy (non-hydrogen) atoms. The minimum absolute atomic E-state index is 0.112. The van der Waals surface area contributed by atoms with Crippen molar-refractivity contribution in [2.75, 3.05) is 18.5 Å². The molecule has 0 spiro atoms. The zero-order valence-corrected chi connectivity index (χ0v) is 13.6. The lowest BCUT2D eigenvalue weighted by molar-refractivity contribution is -0.385. The highest BCUT2D eigenvalue weighted by Crippen LogP contribution is 2.34. The van der Waals surface area contributed by atoms with Crippen LogP contribution in [0.3, 0.4) is 0 Å². The maximum Gasteiger partial charge on any atom is 0.311 e. The Morgan fingerprint density at radius 1 is 1.28 bits per heavy atom. The van der Waals surface area contributed by atoms with Gasteiger partial charge >= 0.3 is 5.69 Å². The minimum atomic E-state index is -0.522. The second-order valence-corrected chi connectivity index (χ2v) is 5.34. The molecule has 3 N–H and O–H groups in total. The highest BCUT2D eigenvalue weighted by Gasteiger charge is 2.19. The molecular formula is C15H13ClN6O3. The van der Waals surface area contributed by atoms with Crippen LogP contribution >= 0.6 is 11.6 Å². The molecule has 0 aliphatic rings. The first-order chi connectivity index (χ1) is 12.1. The number of ether oxygens (including phenoxy) is 1. The van der Waals surface area contributed by atoms with Gasteiger partial charge in [-0.3, -0.25) is 10.1 Å². The van der Waals surface area contributed by atoms with Crippen molar-refractivity contribution in [3.05, 3.63) is 52.1 Å². The summed E-state index contributed by atoms with van der Waals surface area (Å²) < 4.78 is 5.35. The van der Waals surface area contributed by atoms with Crippen LogP contribution in [0.2, 0.25) is 5.15 Å². The highest BCUT2D eigenvalue weighted by atomic mass is 35.5. The lowest BCUT2D eigenvalue weighted by Gasteiger charge is -2.10. The van der Waals surface area contributed by atoms with Crippen molar-refractivity contribution in [2.45, 2.75) is 0 Å². The third kappa shape index (κ3) is 3.73. The fourth-order valence-corrected chi connectivity index (χ4v) is 2.30. The van der Waals surface area contributed by atoms with Crippen LogP contribution < -0.4 is 15.8 Å². The van der Waals surface area contributed by atoms with Crippen molar-refractivity contribution in [3.8, 4) is 5.75 Å². The molecule has 9 nitrogen and oxygen atoms in total. The first-order valence-corrected chi connectivity index (χ1v) is 7.61. The van der Waals surface area contributed by atoms with Crippen LogP contribution in [0.25, 0.3) is 10.9 Å². The second-order valence-electron chi connectivity index (χ2n) is 4.95. The molecule has 0 aliphatic carbocycles. The van der Waals surface area contributed by atoms with Gasteiger partial charge in [0.2, 0.25) is 0 Å². The van der Waals surface area contributed by atoms with E-state index >= 15 is 0 Å². The number of hydrogen-bond donors (Lipinski definition) is 2. The second kappa shape index (κ2) is 7.24. The Morgan fingerprint density at radius 3 is 2.80 bits per heavy atom. The first-order valence-electron chi connectivity index (χ1n) is 7.23. The predicted octanol–water partition coefficient (Wildman–Crippen LogP) is 2.67. The normalized spacial score (nSPS) is 10.6. The van der Waals surface area contributed by atoms with Crippen LogP contribution in [-0.2, 0) is 0 Å². The van der Waals surface area contributed by atoms with Gasteiger partial charge in [0.15, 0.2) is 5.75 Å². The third-order valence-electron chi connectivity index (χ3n) is 3.28. The molecule has 10 heteroatoms. The molecule has 0 saturated carbocycles. The van der Waals surface area contributed by atoms with E-state index in [-0.39, 0.29) is 24.6 Å². The van der Waals surface area contributed by atoms with Crippen LogP contribution in [-0.4, -0.2) is 33.0 Å². The molecule has 0 atom stereocenters. The van der Waals surface area contributed by atoms with E-state index in [4.69, 9.17) is 22.1 Å². The number of rotatable bonds is 6. The van der Waals surface area contributed by atoms with E-state index < -0.39 is 4.92 Å². The van der Waals surface area contributed by atoms with Crippen molar-refractivity contribution < 1.29 is 9.66 Å². The van der Waals surface area contributed by atoms with E-state index in [0.717, 1.165) is 0 Å². The summed E-state index contributed by atoms with van der Waals surface area (Å²) in [4.78, 5) is 23.1. The number of aromatic nitrogens is 3. The number of fused-ring (bicyclic) bond motifs is 1. The number of pyridine rings is 1. The number of nitrogens with two attached hydrogens (primary N) is 1. The van der Waals surface area contributed by atoms with Crippen LogP contribution in [0.4, 0.5) is 17.2 Å². The predicted molar refractivity (Wildman–Crippen MR) is 93.3 cm³/mol. The van der Waals surface area contributed by atoms with E-state index in [1.165, 1.54) is 24.7 Å². The number of nitrogens with one attached hydrogen (secondary N) is 1. The van der Waals surface area contributed by atoms with Crippen LogP contribution in [0.5, 0.6) is 5.75 Å². The summed E-state index contributed by atoms with van der Waals surface area (Å²) in [7, 11) is 0. The Morgan fingerprint density at radius 2 is 2.12 bits per heavy atom. The smallest absolute Gasteiger partial charge is 0.311 e. The van der Waals surface area contributed by atoms with Gasteiger partial charge in [-0.15, -0.1) is 0 Å². The van der Waals surface area contributed by atoms with Crippen molar-refractivity contribution >= 4 is 39.7 Å². The largest absolute Gasteiger partial charge is 0.485 e. The Bertz CT molecular complexity index is 919. The van der Waals surface area contributed by atoms with Crippen LogP contribution in [0.1, 0.15) is 0 Å². The summed E-state index contributed by atoms with van der Waals surface area (Å²) in [6.45, 7) is 0.411. The quantitative estimate of drug-likeness (QED) is 0.390. The average Bonchev–Trinajstić information content (AvgIpc) is 2.61. The average molecular weight is 361 g/mol. The molecular weight excluding hydrogens is 348 g/mol. The zero-order valence-electron chi connectivity index (χ0n) is 12.8. The van der Waals surface area contributed by atoms with Crippen molar-refractivity contribution in [2.24, 2.45) is 5.73 Å². The van der Waals surface area contributed by atoms with Gasteiger partial charge in [0.05, 0.1) is 27.7 Å². The molecule has 2 aromatic heterocycles. The van der Waals surface area contributed by atoms with Crippen molar-refractivity contribution in [1.82, 2.24) is 15.0 Å². The molecule has 1 aromatic carbocycles. The Balaban J connectivity index is 2.06. The fourth-order valence-electron chi connectivity index (χ4n) is 2.19. The van der Waals surface area contributed by atoms with Crippen LogP contribution in [0.15, 0.2) is 36.8 Å². The summed E-state index contributed by atoms with van der Waals surface area (Å²) in [6, 6.07) is 6.20. The summed E-state index contributed by atoms with van der Waals surface area (Å²) in [5.74, 6) is 0.517. The molecule has 0 radical (unpaired) electrons. The Kier molecular flexibility index (Phi) is 4.87. The third-order valence-corrected chi connectivity index (χ3v) is 3.50. The summed E-state index contributed by atoms with van der Waals surface area (Å²) >= 11 is 5.76.